The summed E-state index contributed by atoms with van der Waals surface area (Å²) in [5, 5.41) is 4.46. The lowest BCUT2D eigenvalue weighted by molar-refractivity contribution is -0.124. The number of nitrogens with zero attached hydrogens (tertiary/aromatic N) is 2. The van der Waals surface area contributed by atoms with E-state index in [4.69, 9.17) is 5.73 Å². The fraction of sp³-hybridized carbons (Fsp3) is 0.733. The number of hydrogen-bond acceptors (Lipinski definition) is 3. The van der Waals surface area contributed by atoms with Crippen LogP contribution in [-0.2, 0) is 11.2 Å². The predicted octanol–water partition coefficient (Wildman–Crippen LogP) is 2.34. The van der Waals surface area contributed by atoms with Crippen molar-refractivity contribution in [1.29, 1.82) is 0 Å². The SMILES string of the molecule is CC(C)n1ccc(CC(=O)C2CCCCC2CN)n1. The zero-order chi connectivity index (χ0) is 13.8. The van der Waals surface area contributed by atoms with Crippen molar-refractivity contribution in [3.63, 3.8) is 0 Å². The van der Waals surface area contributed by atoms with Gasteiger partial charge in [-0.3, -0.25) is 9.48 Å². The minimum atomic E-state index is 0.156. The molecule has 2 atom stereocenters. The van der Waals surface area contributed by atoms with Gasteiger partial charge in [0.1, 0.15) is 5.78 Å². The second-order valence-corrected chi connectivity index (χ2v) is 5.91. The molecule has 1 aromatic heterocycles. The summed E-state index contributed by atoms with van der Waals surface area (Å²) in [6.45, 7) is 4.81. The van der Waals surface area contributed by atoms with E-state index in [0.717, 1.165) is 25.0 Å². The Morgan fingerprint density at radius 3 is 2.84 bits per heavy atom. The molecular weight excluding hydrogens is 238 g/mol. The van der Waals surface area contributed by atoms with E-state index in [-0.39, 0.29) is 5.92 Å². The molecule has 4 nitrogen and oxygen atoms in total. The zero-order valence-corrected chi connectivity index (χ0v) is 12.0. The fourth-order valence-electron chi connectivity index (χ4n) is 2.98. The minimum absolute atomic E-state index is 0.156. The number of nitrogens with two attached hydrogens (primary N) is 1. The van der Waals surface area contributed by atoms with Gasteiger partial charge in [0.25, 0.3) is 0 Å². The topological polar surface area (TPSA) is 60.9 Å². The van der Waals surface area contributed by atoms with Crippen molar-refractivity contribution < 1.29 is 4.79 Å². The highest BCUT2D eigenvalue weighted by atomic mass is 16.1. The molecule has 1 fully saturated rings. The Morgan fingerprint density at radius 2 is 2.21 bits per heavy atom. The van der Waals surface area contributed by atoms with E-state index in [1.54, 1.807) is 0 Å². The van der Waals surface area contributed by atoms with Crippen LogP contribution in [0.15, 0.2) is 12.3 Å². The van der Waals surface area contributed by atoms with Gasteiger partial charge in [0.05, 0.1) is 12.1 Å². The molecule has 0 amide bonds. The molecule has 4 heteroatoms. The van der Waals surface area contributed by atoms with Gasteiger partial charge < -0.3 is 5.73 Å². The molecule has 1 aliphatic carbocycles. The average molecular weight is 263 g/mol. The van der Waals surface area contributed by atoms with Crippen molar-refractivity contribution in [2.75, 3.05) is 6.54 Å². The summed E-state index contributed by atoms with van der Waals surface area (Å²) in [5.41, 5.74) is 6.69. The van der Waals surface area contributed by atoms with E-state index in [9.17, 15) is 4.79 Å². The first-order chi connectivity index (χ1) is 9.11. The molecule has 19 heavy (non-hydrogen) atoms. The van der Waals surface area contributed by atoms with Crippen LogP contribution in [0.2, 0.25) is 0 Å². The molecule has 0 bridgehead atoms. The Kier molecular flexibility index (Phi) is 4.75. The summed E-state index contributed by atoms with van der Waals surface area (Å²) in [6, 6.07) is 2.30. The first kappa shape index (κ1) is 14.3. The maximum Gasteiger partial charge on any atom is 0.142 e. The van der Waals surface area contributed by atoms with E-state index in [1.807, 2.05) is 16.9 Å². The van der Waals surface area contributed by atoms with E-state index >= 15 is 0 Å². The van der Waals surface area contributed by atoms with Gasteiger partial charge in [-0.1, -0.05) is 12.8 Å². The molecule has 2 N–H and O–H groups in total. The number of hydrogen-bond donors (Lipinski definition) is 1. The number of carbonyl (C=O) groups excluding carboxylic acids is 1. The third kappa shape index (κ3) is 3.44. The zero-order valence-electron chi connectivity index (χ0n) is 12.0. The summed E-state index contributed by atoms with van der Waals surface area (Å²) >= 11 is 0. The van der Waals surface area contributed by atoms with Crippen molar-refractivity contribution in [3.05, 3.63) is 18.0 Å². The molecule has 2 unspecified atom stereocenters. The molecule has 106 valence electrons. The van der Waals surface area contributed by atoms with E-state index in [1.165, 1.54) is 6.42 Å². The van der Waals surface area contributed by atoms with Crippen molar-refractivity contribution in [3.8, 4) is 0 Å². The lowest BCUT2D eigenvalue weighted by Crippen LogP contribution is -2.33. The molecule has 2 rings (SSSR count). The van der Waals surface area contributed by atoms with Gasteiger partial charge in [-0.2, -0.15) is 5.10 Å². The normalized spacial score (nSPS) is 23.8. The van der Waals surface area contributed by atoms with Gasteiger partial charge in [0, 0.05) is 18.2 Å². The van der Waals surface area contributed by atoms with Gasteiger partial charge in [-0.15, -0.1) is 0 Å². The van der Waals surface area contributed by atoms with Crippen LogP contribution in [0.5, 0.6) is 0 Å². The second kappa shape index (κ2) is 6.33. The highest BCUT2D eigenvalue weighted by Gasteiger charge is 2.29. The first-order valence-electron chi connectivity index (χ1n) is 7.38. The van der Waals surface area contributed by atoms with Gasteiger partial charge in [0.15, 0.2) is 0 Å². The molecular formula is C15H25N3O. The Hall–Kier alpha value is -1.16. The summed E-state index contributed by atoms with van der Waals surface area (Å²) in [6.07, 6.45) is 6.90. The smallest absolute Gasteiger partial charge is 0.142 e. The van der Waals surface area contributed by atoms with E-state index in [0.29, 0.717) is 30.7 Å². The van der Waals surface area contributed by atoms with Crippen LogP contribution in [-0.4, -0.2) is 22.1 Å². The van der Waals surface area contributed by atoms with Crippen LogP contribution >= 0.6 is 0 Å². The molecule has 0 spiro atoms. The van der Waals surface area contributed by atoms with Crippen molar-refractivity contribution in [1.82, 2.24) is 9.78 Å². The van der Waals surface area contributed by atoms with Gasteiger partial charge in [-0.05, 0) is 45.2 Å². The van der Waals surface area contributed by atoms with Crippen LogP contribution in [0.3, 0.4) is 0 Å². The third-order valence-electron chi connectivity index (χ3n) is 4.17. The Morgan fingerprint density at radius 1 is 1.47 bits per heavy atom. The molecule has 1 heterocycles. The lowest BCUT2D eigenvalue weighted by atomic mass is 9.76. The van der Waals surface area contributed by atoms with Crippen LogP contribution in [0.1, 0.15) is 51.3 Å². The number of carbonyl (C=O) groups is 1. The van der Waals surface area contributed by atoms with Crippen molar-refractivity contribution in [2.45, 2.75) is 52.0 Å². The lowest BCUT2D eigenvalue weighted by Gasteiger charge is -2.29. The maximum absolute atomic E-state index is 12.4. The highest BCUT2D eigenvalue weighted by Crippen LogP contribution is 2.30. The maximum atomic E-state index is 12.4. The molecule has 0 saturated heterocycles. The van der Waals surface area contributed by atoms with Gasteiger partial charge >= 0.3 is 0 Å². The first-order valence-corrected chi connectivity index (χ1v) is 7.38. The molecule has 0 radical (unpaired) electrons. The van der Waals surface area contributed by atoms with E-state index in [2.05, 4.69) is 18.9 Å². The third-order valence-corrected chi connectivity index (χ3v) is 4.17. The van der Waals surface area contributed by atoms with Crippen LogP contribution in [0.4, 0.5) is 0 Å². The Balaban J connectivity index is 1.99. The standard InChI is InChI=1S/C15H25N3O/c1-11(2)18-8-7-13(17-18)9-15(19)14-6-4-3-5-12(14)10-16/h7-8,11-12,14H,3-6,9-10,16H2,1-2H3. The monoisotopic (exact) mass is 263 g/mol. The number of Topliss-reactive ketones (excluding diaryl/α,β-unsaturated/α-hetero) is 1. The number of rotatable bonds is 5. The Labute approximate surface area is 115 Å². The highest BCUT2D eigenvalue weighted by molar-refractivity contribution is 5.83. The number of ketones is 1. The molecule has 1 saturated carbocycles. The molecule has 1 aromatic rings. The van der Waals surface area contributed by atoms with Gasteiger partial charge in [-0.25, -0.2) is 0 Å². The van der Waals surface area contributed by atoms with Crippen molar-refractivity contribution >= 4 is 5.78 Å². The van der Waals surface area contributed by atoms with Crippen molar-refractivity contribution in [2.24, 2.45) is 17.6 Å². The largest absolute Gasteiger partial charge is 0.330 e. The Bertz CT molecular complexity index is 425. The second-order valence-electron chi connectivity index (χ2n) is 5.91. The summed E-state index contributed by atoms with van der Waals surface area (Å²) in [7, 11) is 0. The quantitative estimate of drug-likeness (QED) is 0.887. The van der Waals surface area contributed by atoms with Crippen LogP contribution in [0.25, 0.3) is 0 Å². The van der Waals surface area contributed by atoms with E-state index < -0.39 is 0 Å². The summed E-state index contributed by atoms with van der Waals surface area (Å²) < 4.78 is 1.91. The minimum Gasteiger partial charge on any atom is -0.330 e. The average Bonchev–Trinajstić information content (AvgIpc) is 2.87. The van der Waals surface area contributed by atoms with Crippen LogP contribution in [0, 0.1) is 11.8 Å². The predicted molar refractivity (Wildman–Crippen MR) is 75.8 cm³/mol. The summed E-state index contributed by atoms with van der Waals surface area (Å²) in [5.74, 6) is 0.862. The van der Waals surface area contributed by atoms with Crippen LogP contribution < -0.4 is 5.73 Å². The summed E-state index contributed by atoms with van der Waals surface area (Å²) in [4.78, 5) is 12.4. The molecule has 1 aliphatic rings. The molecule has 0 aromatic carbocycles. The number of aromatic nitrogens is 2. The molecule has 0 aliphatic heterocycles. The fourth-order valence-corrected chi connectivity index (χ4v) is 2.98. The van der Waals surface area contributed by atoms with Gasteiger partial charge in [0.2, 0.25) is 0 Å².